The lowest BCUT2D eigenvalue weighted by molar-refractivity contribution is -0.113. The maximum atomic E-state index is 12.7. The number of aliphatic imine (C=N–C) groups is 2. The van der Waals surface area contributed by atoms with Gasteiger partial charge in [0.15, 0.2) is 0 Å². The topological polar surface area (TPSA) is 126 Å². The number of rotatable bonds is 4. The number of aromatic nitrogens is 2. The van der Waals surface area contributed by atoms with Crippen molar-refractivity contribution >= 4 is 39.3 Å². The Hall–Kier alpha value is -3.44. The molecule has 0 fully saturated rings. The summed E-state index contributed by atoms with van der Waals surface area (Å²) in [7, 11) is -0.737. The van der Waals surface area contributed by atoms with Gasteiger partial charge in [0.25, 0.3) is 17.8 Å². The zero-order valence-corrected chi connectivity index (χ0v) is 17.7. The van der Waals surface area contributed by atoms with Gasteiger partial charge < -0.3 is 5.32 Å². The first kappa shape index (κ1) is 21.3. The van der Waals surface area contributed by atoms with E-state index >= 15 is 0 Å². The smallest absolute Gasteiger partial charge is 0.281 e. The summed E-state index contributed by atoms with van der Waals surface area (Å²) in [6.45, 7) is 6.97. The van der Waals surface area contributed by atoms with Gasteiger partial charge in [0.1, 0.15) is 5.82 Å². The van der Waals surface area contributed by atoms with Crippen molar-refractivity contribution in [2.75, 3.05) is 19.4 Å². The van der Waals surface area contributed by atoms with Crippen LogP contribution < -0.4 is 5.32 Å². The first-order valence-electron chi connectivity index (χ1n) is 8.79. The lowest BCUT2D eigenvalue weighted by atomic mass is 10.2. The van der Waals surface area contributed by atoms with Crippen LogP contribution in [0.1, 0.15) is 23.0 Å². The number of hydrogen-bond donors (Lipinski definition) is 1. The Labute approximate surface area is 173 Å². The summed E-state index contributed by atoms with van der Waals surface area (Å²) in [5, 5.41) is 6.92. The standard InChI is InChI=1S/C19H20N6O4S/c1-11-10-16(25(23-11)19-20-13(3)12(2)17(26)22-19)21-18(27)14-6-8-15(9-7-14)30(28,29)24(4)5/h6-10H,2H2,1,3-5H3,(H,21,27). The monoisotopic (exact) mass is 428 g/mol. The maximum Gasteiger partial charge on any atom is 0.281 e. The molecule has 10 nitrogen and oxygen atoms in total. The molecule has 1 N–H and O–H groups in total. The van der Waals surface area contributed by atoms with Crippen LogP contribution in [0, 0.1) is 6.92 Å². The molecule has 3 rings (SSSR count). The lowest BCUT2D eigenvalue weighted by Crippen LogP contribution is -2.25. The van der Waals surface area contributed by atoms with Crippen LogP contribution in [0.25, 0.3) is 0 Å². The molecule has 1 aliphatic heterocycles. The van der Waals surface area contributed by atoms with E-state index in [1.807, 2.05) is 0 Å². The molecule has 0 spiro atoms. The SMILES string of the molecule is C=C1C(=O)N=C(n2nc(C)cc2NC(=O)c2ccc(S(=O)(=O)N(C)C)cc2)N=C1C. The third kappa shape index (κ3) is 3.98. The molecule has 0 radical (unpaired) electrons. The Morgan fingerprint density at radius 3 is 2.33 bits per heavy atom. The maximum absolute atomic E-state index is 12.7. The highest BCUT2D eigenvalue weighted by atomic mass is 32.2. The fourth-order valence-electron chi connectivity index (χ4n) is 2.57. The fourth-order valence-corrected chi connectivity index (χ4v) is 3.47. The molecule has 2 amide bonds. The molecule has 2 aromatic rings. The van der Waals surface area contributed by atoms with Crippen molar-refractivity contribution in [1.29, 1.82) is 0 Å². The van der Waals surface area contributed by atoms with Gasteiger partial charge in [0.05, 0.1) is 21.9 Å². The number of anilines is 1. The first-order valence-corrected chi connectivity index (χ1v) is 10.2. The Balaban J connectivity index is 1.88. The molecule has 0 atom stereocenters. The molecule has 11 heteroatoms. The average molecular weight is 428 g/mol. The fraction of sp³-hybridized carbons (Fsp3) is 0.211. The number of amides is 2. The quantitative estimate of drug-likeness (QED) is 0.738. The minimum Gasteiger partial charge on any atom is -0.306 e. The number of benzene rings is 1. The Kier molecular flexibility index (Phi) is 5.51. The van der Waals surface area contributed by atoms with Crippen LogP contribution in [0.5, 0.6) is 0 Å². The summed E-state index contributed by atoms with van der Waals surface area (Å²) in [6, 6.07) is 7.14. The summed E-state index contributed by atoms with van der Waals surface area (Å²) >= 11 is 0. The molecule has 0 aliphatic carbocycles. The molecule has 30 heavy (non-hydrogen) atoms. The third-order valence-electron chi connectivity index (χ3n) is 4.32. The highest BCUT2D eigenvalue weighted by molar-refractivity contribution is 7.89. The number of sulfonamides is 1. The van der Waals surface area contributed by atoms with E-state index in [2.05, 4.69) is 27.0 Å². The molecule has 1 aliphatic rings. The van der Waals surface area contributed by atoms with E-state index in [1.165, 1.54) is 43.0 Å². The molecule has 0 saturated carbocycles. The summed E-state index contributed by atoms with van der Waals surface area (Å²) in [5.74, 6) is -0.739. The normalized spacial score (nSPS) is 14.6. The van der Waals surface area contributed by atoms with E-state index in [4.69, 9.17) is 0 Å². The van der Waals surface area contributed by atoms with E-state index in [9.17, 15) is 18.0 Å². The van der Waals surface area contributed by atoms with Crippen LogP contribution in [-0.2, 0) is 14.8 Å². The van der Waals surface area contributed by atoms with Crippen LogP contribution in [0.3, 0.4) is 0 Å². The Morgan fingerprint density at radius 2 is 1.77 bits per heavy atom. The number of hydrogen-bond acceptors (Lipinski definition) is 6. The molecule has 2 heterocycles. The van der Waals surface area contributed by atoms with Gasteiger partial charge in [0.2, 0.25) is 10.0 Å². The van der Waals surface area contributed by atoms with Gasteiger partial charge in [-0.25, -0.2) is 17.7 Å². The van der Waals surface area contributed by atoms with Crippen molar-refractivity contribution < 1.29 is 18.0 Å². The van der Waals surface area contributed by atoms with Gasteiger partial charge in [0, 0.05) is 25.7 Å². The van der Waals surface area contributed by atoms with Crippen molar-refractivity contribution in [3.63, 3.8) is 0 Å². The van der Waals surface area contributed by atoms with Crippen molar-refractivity contribution in [3.05, 3.63) is 53.7 Å². The van der Waals surface area contributed by atoms with Gasteiger partial charge in [-0.05, 0) is 38.1 Å². The summed E-state index contributed by atoms with van der Waals surface area (Å²) in [4.78, 5) is 32.8. The second-order valence-electron chi connectivity index (χ2n) is 6.74. The van der Waals surface area contributed by atoms with Gasteiger partial charge in [-0.15, -0.1) is 0 Å². The summed E-state index contributed by atoms with van der Waals surface area (Å²) < 4.78 is 26.7. The second kappa shape index (κ2) is 7.76. The van der Waals surface area contributed by atoms with Crippen molar-refractivity contribution in [2.45, 2.75) is 18.7 Å². The van der Waals surface area contributed by atoms with Crippen molar-refractivity contribution in [1.82, 2.24) is 14.1 Å². The predicted octanol–water partition coefficient (Wildman–Crippen LogP) is 1.46. The average Bonchev–Trinajstić information content (AvgIpc) is 3.05. The van der Waals surface area contributed by atoms with E-state index in [-0.39, 0.29) is 27.8 Å². The van der Waals surface area contributed by atoms with Crippen LogP contribution in [-0.4, -0.2) is 60.1 Å². The van der Waals surface area contributed by atoms with E-state index in [0.717, 1.165) is 4.31 Å². The van der Waals surface area contributed by atoms with Crippen LogP contribution in [0.4, 0.5) is 5.82 Å². The molecule has 0 unspecified atom stereocenters. The molecule has 156 valence electrons. The molecule has 0 bridgehead atoms. The predicted molar refractivity (Wildman–Crippen MR) is 112 cm³/mol. The molecule has 1 aromatic heterocycles. The number of nitrogens with zero attached hydrogens (tertiary/aromatic N) is 5. The minimum absolute atomic E-state index is 0.0146. The highest BCUT2D eigenvalue weighted by Crippen LogP contribution is 2.18. The van der Waals surface area contributed by atoms with E-state index in [1.54, 1.807) is 19.9 Å². The largest absolute Gasteiger partial charge is 0.306 e. The van der Waals surface area contributed by atoms with Crippen LogP contribution >= 0.6 is 0 Å². The summed E-state index contributed by atoms with van der Waals surface area (Å²) in [6.07, 6.45) is 0. The zero-order valence-electron chi connectivity index (χ0n) is 16.9. The first-order chi connectivity index (χ1) is 14.0. The van der Waals surface area contributed by atoms with Crippen LogP contribution in [0.2, 0.25) is 0 Å². The van der Waals surface area contributed by atoms with Gasteiger partial charge >= 0.3 is 0 Å². The van der Waals surface area contributed by atoms with Gasteiger partial charge in [-0.3, -0.25) is 9.59 Å². The van der Waals surface area contributed by atoms with Crippen molar-refractivity contribution in [2.24, 2.45) is 9.98 Å². The second-order valence-corrected chi connectivity index (χ2v) is 8.89. The van der Waals surface area contributed by atoms with Gasteiger partial charge in [-0.2, -0.15) is 14.8 Å². The van der Waals surface area contributed by atoms with Crippen molar-refractivity contribution in [3.8, 4) is 0 Å². The third-order valence-corrected chi connectivity index (χ3v) is 6.15. The zero-order chi connectivity index (χ0) is 22.2. The van der Waals surface area contributed by atoms with E-state index in [0.29, 0.717) is 11.4 Å². The molecule has 1 aromatic carbocycles. The molecular formula is C19H20N6O4S. The highest BCUT2D eigenvalue weighted by Gasteiger charge is 2.22. The minimum atomic E-state index is -3.59. The number of nitrogens with one attached hydrogen (secondary N) is 1. The van der Waals surface area contributed by atoms with Crippen LogP contribution in [0.15, 0.2) is 57.4 Å². The lowest BCUT2D eigenvalue weighted by Gasteiger charge is -2.13. The Bertz CT molecular complexity index is 1220. The Morgan fingerprint density at radius 1 is 1.13 bits per heavy atom. The number of carbonyl (C=O) groups is 2. The number of aryl methyl sites for hydroxylation is 1. The summed E-state index contributed by atoms with van der Waals surface area (Å²) in [5.41, 5.74) is 1.42. The van der Waals surface area contributed by atoms with E-state index < -0.39 is 21.8 Å². The molecule has 0 saturated heterocycles. The van der Waals surface area contributed by atoms with Gasteiger partial charge in [-0.1, -0.05) is 6.58 Å². The molecular weight excluding hydrogens is 408 g/mol. The number of carbonyl (C=O) groups excluding carboxylic acids is 2.